The number of aromatic amines is 1. The SMILES string of the molecule is Cc1c(-c2cc[nH+]c(Nc3ccc(SN4CCCCC4)cc3)n2)c(C)n2c1C(=O)NCC2. The molecule has 3 aromatic rings. The fraction of sp³-hybridized carbons (Fsp3) is 0.375. The summed E-state index contributed by atoms with van der Waals surface area (Å²) in [5.41, 5.74) is 5.67. The zero-order valence-corrected chi connectivity index (χ0v) is 19.4. The van der Waals surface area contributed by atoms with Crippen LogP contribution in [0.5, 0.6) is 0 Å². The van der Waals surface area contributed by atoms with Gasteiger partial charge in [0.15, 0.2) is 5.69 Å². The van der Waals surface area contributed by atoms with Crippen molar-refractivity contribution >= 4 is 29.5 Å². The van der Waals surface area contributed by atoms with E-state index in [1.54, 1.807) is 0 Å². The lowest BCUT2D eigenvalue weighted by molar-refractivity contribution is -0.364. The summed E-state index contributed by atoms with van der Waals surface area (Å²) in [6, 6.07) is 10.4. The third-order valence-electron chi connectivity index (χ3n) is 6.22. The standard InChI is InChI=1S/C24H28N6OS/c1-16-21(17(2)30-15-12-25-23(31)22(16)30)20-10-11-26-24(28-20)27-18-6-8-19(9-7-18)32-29-13-4-3-5-14-29/h6-11H,3-5,12-15H2,1-2H3,(H,25,31)(H,26,27,28)/p+1. The van der Waals surface area contributed by atoms with Crippen LogP contribution in [0.4, 0.5) is 11.6 Å². The molecule has 2 aliphatic heterocycles. The maximum Gasteiger partial charge on any atom is 0.394 e. The summed E-state index contributed by atoms with van der Waals surface area (Å²) < 4.78 is 4.56. The van der Waals surface area contributed by atoms with E-state index in [1.807, 2.05) is 31.1 Å². The van der Waals surface area contributed by atoms with Crippen molar-refractivity contribution in [1.29, 1.82) is 0 Å². The van der Waals surface area contributed by atoms with E-state index in [-0.39, 0.29) is 5.91 Å². The smallest absolute Gasteiger partial charge is 0.349 e. The van der Waals surface area contributed by atoms with Crippen molar-refractivity contribution in [2.24, 2.45) is 0 Å². The van der Waals surface area contributed by atoms with E-state index in [2.05, 4.69) is 55.7 Å². The number of carbonyl (C=O) groups excluding carboxylic acids is 1. The minimum atomic E-state index is -0.00791. The lowest BCUT2D eigenvalue weighted by Crippen LogP contribution is -2.35. The van der Waals surface area contributed by atoms with Gasteiger partial charge < -0.3 is 9.88 Å². The summed E-state index contributed by atoms with van der Waals surface area (Å²) in [5, 5.41) is 6.32. The van der Waals surface area contributed by atoms with E-state index in [0.717, 1.165) is 40.4 Å². The van der Waals surface area contributed by atoms with Gasteiger partial charge in [-0.2, -0.15) is 0 Å². The molecule has 7 nitrogen and oxygen atoms in total. The summed E-state index contributed by atoms with van der Waals surface area (Å²) >= 11 is 1.84. The monoisotopic (exact) mass is 449 g/mol. The maximum atomic E-state index is 12.4. The zero-order chi connectivity index (χ0) is 22.1. The number of benzene rings is 1. The number of nitrogens with zero attached hydrogens (tertiary/aromatic N) is 3. The first kappa shape index (κ1) is 21.0. The van der Waals surface area contributed by atoms with Crippen LogP contribution in [0.25, 0.3) is 11.3 Å². The minimum Gasteiger partial charge on any atom is -0.349 e. The predicted molar refractivity (Wildman–Crippen MR) is 127 cm³/mol. The second kappa shape index (κ2) is 8.96. The largest absolute Gasteiger partial charge is 0.394 e. The van der Waals surface area contributed by atoms with Crippen LogP contribution in [0.1, 0.15) is 41.0 Å². The average Bonchev–Trinajstić information content (AvgIpc) is 3.07. The Morgan fingerprint density at radius 3 is 2.59 bits per heavy atom. The molecule has 0 unspecified atom stereocenters. The van der Waals surface area contributed by atoms with E-state index in [1.165, 1.54) is 37.2 Å². The van der Waals surface area contributed by atoms with E-state index in [4.69, 9.17) is 4.98 Å². The van der Waals surface area contributed by atoms with E-state index < -0.39 is 0 Å². The number of aromatic nitrogens is 3. The first-order valence-electron chi connectivity index (χ1n) is 11.3. The number of carbonyl (C=O) groups is 1. The lowest BCUT2D eigenvalue weighted by atomic mass is 10.1. The maximum absolute atomic E-state index is 12.4. The number of rotatable bonds is 5. The first-order valence-corrected chi connectivity index (χ1v) is 12.0. The summed E-state index contributed by atoms with van der Waals surface area (Å²) in [6.07, 6.45) is 5.82. The van der Waals surface area contributed by atoms with Crippen molar-refractivity contribution in [2.75, 3.05) is 25.0 Å². The quantitative estimate of drug-likeness (QED) is 0.577. The van der Waals surface area contributed by atoms with Crippen molar-refractivity contribution in [1.82, 2.24) is 19.2 Å². The van der Waals surface area contributed by atoms with Crippen LogP contribution in [0.15, 0.2) is 41.4 Å². The molecule has 0 radical (unpaired) electrons. The number of H-pyrrole nitrogens is 1. The molecular formula is C24H29N6OS+. The highest BCUT2D eigenvalue weighted by Crippen LogP contribution is 2.32. The highest BCUT2D eigenvalue weighted by atomic mass is 32.2. The van der Waals surface area contributed by atoms with Gasteiger partial charge in [0.05, 0.1) is 11.9 Å². The molecule has 32 heavy (non-hydrogen) atoms. The van der Waals surface area contributed by atoms with E-state index in [9.17, 15) is 4.79 Å². The van der Waals surface area contributed by atoms with Crippen LogP contribution < -0.4 is 15.6 Å². The van der Waals surface area contributed by atoms with Gasteiger partial charge in [0.25, 0.3) is 5.91 Å². The van der Waals surface area contributed by atoms with E-state index in [0.29, 0.717) is 12.5 Å². The van der Waals surface area contributed by atoms with Crippen LogP contribution in [0, 0.1) is 13.8 Å². The van der Waals surface area contributed by atoms with Crippen molar-refractivity contribution in [2.45, 2.75) is 44.6 Å². The molecule has 3 N–H and O–H groups in total. The molecule has 0 atom stereocenters. The number of hydrogen-bond donors (Lipinski definition) is 2. The molecule has 1 amide bonds. The molecule has 166 valence electrons. The Kier molecular flexibility index (Phi) is 5.89. The Hall–Kier alpha value is -2.84. The number of nitrogens with one attached hydrogen (secondary N) is 3. The normalized spacial score (nSPS) is 16.5. The predicted octanol–water partition coefficient (Wildman–Crippen LogP) is 3.96. The fourth-order valence-electron chi connectivity index (χ4n) is 4.64. The molecule has 2 aliphatic rings. The first-order chi connectivity index (χ1) is 15.6. The van der Waals surface area contributed by atoms with Crippen LogP contribution in [0.2, 0.25) is 0 Å². The molecule has 5 rings (SSSR count). The molecule has 0 bridgehead atoms. The third-order valence-corrected chi connectivity index (χ3v) is 7.33. The zero-order valence-electron chi connectivity index (χ0n) is 18.6. The Balaban J connectivity index is 1.35. The number of amides is 1. The Morgan fingerprint density at radius 1 is 1.06 bits per heavy atom. The Labute approximate surface area is 192 Å². The Morgan fingerprint density at radius 2 is 1.84 bits per heavy atom. The fourth-order valence-corrected chi connectivity index (χ4v) is 5.64. The Bertz CT molecular complexity index is 1130. The average molecular weight is 450 g/mol. The van der Waals surface area contributed by atoms with Crippen LogP contribution in [-0.2, 0) is 6.54 Å². The van der Waals surface area contributed by atoms with Gasteiger partial charge in [-0.1, -0.05) is 11.4 Å². The number of anilines is 2. The molecule has 1 fully saturated rings. The highest BCUT2D eigenvalue weighted by Gasteiger charge is 2.28. The second-order valence-electron chi connectivity index (χ2n) is 8.40. The van der Waals surface area contributed by atoms with Gasteiger partial charge in [-0.3, -0.25) is 4.79 Å². The molecule has 8 heteroatoms. The third kappa shape index (κ3) is 4.12. The topological polar surface area (TPSA) is 76.3 Å². The molecule has 1 aromatic carbocycles. The van der Waals surface area contributed by atoms with Gasteiger partial charge in [-0.15, -0.1) is 0 Å². The number of hydrogen-bond acceptors (Lipinski definition) is 5. The molecule has 1 saturated heterocycles. The lowest BCUT2D eigenvalue weighted by Gasteiger charge is -2.24. The molecule has 0 saturated carbocycles. The molecular weight excluding hydrogens is 420 g/mol. The van der Waals surface area contributed by atoms with Gasteiger partial charge in [0, 0.05) is 48.4 Å². The van der Waals surface area contributed by atoms with Crippen LogP contribution in [0.3, 0.4) is 0 Å². The summed E-state index contributed by atoms with van der Waals surface area (Å²) in [6.45, 7) is 7.85. The van der Waals surface area contributed by atoms with Gasteiger partial charge in [-0.05, 0) is 68.5 Å². The minimum absolute atomic E-state index is 0.00791. The van der Waals surface area contributed by atoms with Gasteiger partial charge in [0.2, 0.25) is 0 Å². The van der Waals surface area contributed by atoms with E-state index >= 15 is 0 Å². The van der Waals surface area contributed by atoms with Gasteiger partial charge in [0.1, 0.15) is 5.69 Å². The van der Waals surface area contributed by atoms with Gasteiger partial charge >= 0.3 is 5.95 Å². The van der Waals surface area contributed by atoms with Crippen molar-refractivity contribution < 1.29 is 9.78 Å². The molecule has 0 spiro atoms. The second-order valence-corrected chi connectivity index (χ2v) is 9.57. The summed E-state index contributed by atoms with van der Waals surface area (Å²) in [7, 11) is 0. The highest BCUT2D eigenvalue weighted by molar-refractivity contribution is 7.97. The summed E-state index contributed by atoms with van der Waals surface area (Å²) in [5.74, 6) is 0.665. The molecule has 2 aromatic heterocycles. The van der Waals surface area contributed by atoms with Gasteiger partial charge in [-0.25, -0.2) is 14.6 Å². The van der Waals surface area contributed by atoms with Crippen LogP contribution >= 0.6 is 11.9 Å². The van der Waals surface area contributed by atoms with Crippen molar-refractivity contribution in [3.63, 3.8) is 0 Å². The van der Waals surface area contributed by atoms with Crippen molar-refractivity contribution in [3.8, 4) is 11.3 Å². The van der Waals surface area contributed by atoms with Crippen molar-refractivity contribution in [3.05, 3.63) is 53.5 Å². The molecule has 0 aliphatic carbocycles. The number of fused-ring (bicyclic) bond motifs is 1. The van der Waals surface area contributed by atoms with Crippen LogP contribution in [-0.4, -0.2) is 39.4 Å². The summed E-state index contributed by atoms with van der Waals surface area (Å²) in [4.78, 5) is 21.7. The number of piperidine rings is 1. The molecule has 4 heterocycles.